The van der Waals surface area contributed by atoms with Crippen LogP contribution in [0, 0.1) is 28.6 Å². The molecule has 0 bridgehead atoms. The molecule has 8 rings (SSSR count). The third-order valence-corrected chi connectivity index (χ3v) is 9.84. The van der Waals surface area contributed by atoms with Crippen molar-refractivity contribution in [2.24, 2.45) is 5.92 Å². The van der Waals surface area contributed by atoms with Crippen molar-refractivity contribution in [3.8, 4) is 34.9 Å². The summed E-state index contributed by atoms with van der Waals surface area (Å²) in [6.07, 6.45) is 6.65. The molecule has 0 unspecified atom stereocenters. The van der Waals surface area contributed by atoms with Crippen molar-refractivity contribution in [2.75, 3.05) is 38.8 Å². The summed E-state index contributed by atoms with van der Waals surface area (Å²) in [6.45, 7) is 7.46. The van der Waals surface area contributed by atoms with Crippen molar-refractivity contribution >= 4 is 68.5 Å². The summed E-state index contributed by atoms with van der Waals surface area (Å²) in [5.74, 6) is 0.902. The zero-order valence-electron chi connectivity index (χ0n) is 37.1. The first-order valence-corrected chi connectivity index (χ1v) is 20.7. The molecule has 8 aromatic rings. The third kappa shape index (κ3) is 11.8. The molecule has 65 heavy (non-hydrogen) atoms. The van der Waals surface area contributed by atoms with Crippen molar-refractivity contribution in [3.63, 3.8) is 0 Å². The molecule has 6 aromatic heterocycles. The second-order valence-corrected chi connectivity index (χ2v) is 16.4. The van der Waals surface area contributed by atoms with E-state index in [2.05, 4.69) is 56.6 Å². The number of H-pyrrole nitrogens is 2. The maximum atomic E-state index is 12.2. The molecule has 0 spiro atoms. The number of nitrogens with one attached hydrogen (secondary N) is 4. The Morgan fingerprint density at radius 2 is 1.08 bits per heavy atom. The highest BCUT2D eigenvalue weighted by molar-refractivity contribution is 6.30. The summed E-state index contributed by atoms with van der Waals surface area (Å²) < 4.78 is 0. The minimum absolute atomic E-state index is 0.0734. The molecule has 2 amide bonds. The summed E-state index contributed by atoms with van der Waals surface area (Å²) in [5, 5.41) is 26.1. The van der Waals surface area contributed by atoms with Gasteiger partial charge in [0.1, 0.15) is 11.4 Å². The van der Waals surface area contributed by atoms with Crippen LogP contribution >= 0.6 is 11.6 Å². The number of amides is 2. The van der Waals surface area contributed by atoms with E-state index in [1.165, 1.54) is 9.80 Å². The number of nitriles is 2. The number of aromatic nitrogens is 8. The lowest BCUT2D eigenvalue weighted by Gasteiger charge is -2.16. The lowest BCUT2D eigenvalue weighted by molar-refractivity contribution is 0.0816. The van der Waals surface area contributed by atoms with Gasteiger partial charge in [-0.2, -0.15) is 10.5 Å². The molecule has 0 saturated carbocycles. The van der Waals surface area contributed by atoms with Crippen LogP contribution in [0.4, 0.5) is 23.3 Å². The number of carbonyl (C=O) groups is 2. The molecule has 0 aliphatic carbocycles. The Labute approximate surface area is 381 Å². The van der Waals surface area contributed by atoms with E-state index in [0.717, 1.165) is 38.7 Å². The second-order valence-electron chi connectivity index (χ2n) is 16.0. The Morgan fingerprint density at radius 3 is 1.51 bits per heavy atom. The predicted molar refractivity (Wildman–Crippen MR) is 254 cm³/mol. The van der Waals surface area contributed by atoms with Crippen LogP contribution in [0.25, 0.3) is 44.6 Å². The van der Waals surface area contributed by atoms with E-state index in [-0.39, 0.29) is 17.7 Å². The van der Waals surface area contributed by atoms with Crippen molar-refractivity contribution in [1.82, 2.24) is 49.7 Å². The summed E-state index contributed by atoms with van der Waals surface area (Å²) in [6, 6.07) is 30.2. The second kappa shape index (κ2) is 20.3. The van der Waals surface area contributed by atoms with Crippen LogP contribution in [0.3, 0.4) is 0 Å². The molecule has 17 heteroatoms. The Bertz CT molecular complexity index is 3070. The van der Waals surface area contributed by atoms with Crippen LogP contribution < -0.4 is 10.6 Å². The van der Waals surface area contributed by atoms with Crippen LogP contribution in [0.15, 0.2) is 110 Å². The minimum Gasteiger partial charge on any atom is -0.351 e. The SMILES string of the molecule is CC(C)C#N.CN(C)C(=O)c1cc2cc(Nc3nccc(-c4cc(C(C)(C)C#N)ccn4)n3)ccc2[nH]1.CN(C)C(=O)c1cc2cc(Nc3nccc(-c4cc(Cl)ccn4)n3)ccc2[nH]1. The zero-order chi connectivity index (χ0) is 46.8. The van der Waals surface area contributed by atoms with E-state index in [1.54, 1.807) is 77.2 Å². The van der Waals surface area contributed by atoms with Crippen LogP contribution in [0.5, 0.6) is 0 Å². The van der Waals surface area contributed by atoms with E-state index in [4.69, 9.17) is 16.9 Å². The van der Waals surface area contributed by atoms with Crippen LogP contribution in [0.2, 0.25) is 5.02 Å². The highest BCUT2D eigenvalue weighted by Gasteiger charge is 2.21. The largest absolute Gasteiger partial charge is 0.351 e. The third-order valence-electron chi connectivity index (χ3n) is 9.60. The van der Waals surface area contributed by atoms with Gasteiger partial charge in [0, 0.05) is 97.1 Å². The zero-order valence-corrected chi connectivity index (χ0v) is 37.9. The number of halogens is 1. The molecule has 0 aliphatic heterocycles. The number of anilines is 4. The van der Waals surface area contributed by atoms with Crippen molar-refractivity contribution < 1.29 is 9.59 Å². The van der Waals surface area contributed by atoms with E-state index >= 15 is 0 Å². The number of benzene rings is 2. The first kappa shape index (κ1) is 46.3. The van der Waals surface area contributed by atoms with E-state index in [9.17, 15) is 14.9 Å². The Balaban J connectivity index is 0.000000197. The van der Waals surface area contributed by atoms with Crippen molar-refractivity contribution in [1.29, 1.82) is 10.5 Å². The van der Waals surface area contributed by atoms with Crippen molar-refractivity contribution in [3.05, 3.63) is 132 Å². The number of hydrogen-bond donors (Lipinski definition) is 4. The molecule has 4 N–H and O–H groups in total. The smallest absolute Gasteiger partial charge is 0.269 e. The molecular weight excluding hydrogens is 840 g/mol. The van der Waals surface area contributed by atoms with Crippen LogP contribution in [-0.4, -0.2) is 89.7 Å². The molecule has 2 aromatic carbocycles. The summed E-state index contributed by atoms with van der Waals surface area (Å²) in [7, 11) is 6.88. The molecular formula is C48H47ClN14O2. The molecule has 0 saturated heterocycles. The molecule has 0 atom stereocenters. The summed E-state index contributed by atoms with van der Waals surface area (Å²) in [4.78, 5) is 60.0. The van der Waals surface area contributed by atoms with Gasteiger partial charge in [-0.05, 0) is 118 Å². The predicted octanol–water partition coefficient (Wildman–Crippen LogP) is 9.55. The Morgan fingerprint density at radius 1 is 0.631 bits per heavy atom. The average molecular weight is 887 g/mol. The van der Waals surface area contributed by atoms with Crippen molar-refractivity contribution in [2.45, 2.75) is 33.1 Å². The molecule has 0 fully saturated rings. The maximum absolute atomic E-state index is 12.2. The lowest BCUT2D eigenvalue weighted by Crippen LogP contribution is -2.21. The lowest BCUT2D eigenvalue weighted by atomic mass is 9.86. The van der Waals surface area contributed by atoms with Gasteiger partial charge in [0.15, 0.2) is 0 Å². The van der Waals surface area contributed by atoms with Gasteiger partial charge in [0.2, 0.25) is 11.9 Å². The van der Waals surface area contributed by atoms with Gasteiger partial charge < -0.3 is 30.4 Å². The fraction of sp³-hybridized carbons (Fsp3) is 0.208. The summed E-state index contributed by atoms with van der Waals surface area (Å²) >= 11 is 6.03. The van der Waals surface area contributed by atoms with Gasteiger partial charge in [-0.15, -0.1) is 0 Å². The highest BCUT2D eigenvalue weighted by atomic mass is 35.5. The maximum Gasteiger partial charge on any atom is 0.269 e. The number of pyridine rings is 2. The fourth-order valence-corrected chi connectivity index (χ4v) is 6.24. The standard InChI is InChI=1S/C24H23N7O.C20H17ClN6O.C4H7N/c1-24(2,14-25)16-7-9-26-20(13-16)19-8-10-27-23(30-19)28-17-5-6-18-15(11-17)12-21(29-18)22(32)31(3)4;1-27(2)19(28)18-10-12-9-14(3-4-15(12)25-18)24-20-23-8-6-16(26-20)17-11-13(21)5-7-22-17;1-4(2)3-5/h5-13,29H,1-4H3,(H,27,28,30);3-11,25H,1-2H3,(H,23,24,26);4H,1-2H3. The average Bonchev–Trinajstić information content (AvgIpc) is 3.93. The quantitative estimate of drug-likeness (QED) is 0.106. The van der Waals surface area contributed by atoms with Gasteiger partial charge in [-0.1, -0.05) is 11.6 Å². The van der Waals surface area contributed by atoms with Gasteiger partial charge in [0.05, 0.1) is 40.3 Å². The molecule has 0 aliphatic rings. The minimum atomic E-state index is -0.620. The molecule has 6 heterocycles. The number of hydrogen-bond acceptors (Lipinski definition) is 12. The fourth-order valence-electron chi connectivity index (χ4n) is 6.08. The van der Waals surface area contributed by atoms with Gasteiger partial charge in [0.25, 0.3) is 11.8 Å². The number of carbonyl (C=O) groups excluding carboxylic acids is 2. The first-order chi connectivity index (χ1) is 31.0. The Kier molecular flexibility index (Phi) is 14.5. The van der Waals surface area contributed by atoms with Gasteiger partial charge >= 0.3 is 0 Å². The van der Waals surface area contributed by atoms with Crippen LogP contribution in [0.1, 0.15) is 54.2 Å². The molecule has 0 radical (unpaired) electrons. The van der Waals surface area contributed by atoms with E-state index in [1.807, 2.05) is 94.4 Å². The van der Waals surface area contributed by atoms with E-state index in [0.29, 0.717) is 51.1 Å². The highest BCUT2D eigenvalue weighted by Crippen LogP contribution is 2.28. The van der Waals surface area contributed by atoms with Gasteiger partial charge in [-0.25, -0.2) is 19.9 Å². The van der Waals surface area contributed by atoms with Crippen LogP contribution in [-0.2, 0) is 5.41 Å². The number of rotatable bonds is 9. The number of aromatic amines is 2. The molecule has 16 nitrogen and oxygen atoms in total. The normalized spacial score (nSPS) is 10.8. The monoisotopic (exact) mass is 886 g/mol. The Hall–Kier alpha value is -8.21. The van der Waals surface area contributed by atoms with E-state index < -0.39 is 5.41 Å². The number of fused-ring (bicyclic) bond motifs is 2. The van der Waals surface area contributed by atoms with Gasteiger partial charge in [-0.3, -0.25) is 19.6 Å². The number of nitrogens with zero attached hydrogens (tertiary/aromatic N) is 10. The first-order valence-electron chi connectivity index (χ1n) is 20.3. The molecule has 328 valence electrons. The topological polar surface area (TPSA) is 221 Å². The summed E-state index contributed by atoms with van der Waals surface area (Å²) in [5.41, 5.74) is 7.36.